The van der Waals surface area contributed by atoms with Gasteiger partial charge in [0, 0.05) is 23.1 Å². The van der Waals surface area contributed by atoms with Gasteiger partial charge in [-0.15, -0.1) is 0 Å². The summed E-state index contributed by atoms with van der Waals surface area (Å²) in [7, 11) is -3.76. The number of piperazine rings is 1. The van der Waals surface area contributed by atoms with Crippen LogP contribution < -0.4 is 4.90 Å². The maximum Gasteiger partial charge on any atom is 0.410 e. The van der Waals surface area contributed by atoms with Crippen molar-refractivity contribution in [3.8, 4) is 0 Å². The fourth-order valence-corrected chi connectivity index (χ4v) is 4.78. The minimum absolute atomic E-state index is 0.188. The Labute approximate surface area is 202 Å². The van der Waals surface area contributed by atoms with E-state index >= 15 is 0 Å². The Kier molecular flexibility index (Phi) is 8.16. The summed E-state index contributed by atoms with van der Waals surface area (Å²) in [4.78, 5) is 16.2. The molecule has 1 aliphatic rings. The Hall–Kier alpha value is -1.71. The van der Waals surface area contributed by atoms with Crippen LogP contribution in [-0.2, 0) is 19.0 Å². The third kappa shape index (κ3) is 5.99. The van der Waals surface area contributed by atoms with Gasteiger partial charge >= 0.3 is 6.09 Å². The molecule has 32 heavy (non-hydrogen) atoms. The molecule has 2 atom stereocenters. The third-order valence-corrected chi connectivity index (χ3v) is 6.42. The number of hydrogen-bond donors (Lipinski definition) is 0. The number of nitrogens with zero attached hydrogens (tertiary/aromatic N) is 2. The lowest BCUT2D eigenvalue weighted by Crippen LogP contribution is -2.59. The number of ether oxygens (including phenoxy) is 1. The number of carbonyl (C=O) groups excluding carboxylic acids is 1. The van der Waals surface area contributed by atoms with Gasteiger partial charge in [0.25, 0.3) is 10.1 Å². The molecular formula is C21H23Cl3N2O5S. The van der Waals surface area contributed by atoms with Crippen molar-refractivity contribution in [1.29, 1.82) is 0 Å². The first-order chi connectivity index (χ1) is 15.1. The highest BCUT2D eigenvalue weighted by Crippen LogP contribution is 2.40. The summed E-state index contributed by atoms with van der Waals surface area (Å²) in [5.74, 6) is 0. The lowest BCUT2D eigenvalue weighted by Gasteiger charge is -2.48. The molecule has 2 aromatic rings. The molecule has 2 aromatic carbocycles. The van der Waals surface area contributed by atoms with Crippen LogP contribution in [0.2, 0.25) is 15.1 Å². The van der Waals surface area contributed by atoms with Gasteiger partial charge in [0.2, 0.25) is 0 Å². The number of hydrogen-bond acceptors (Lipinski definition) is 6. The van der Waals surface area contributed by atoms with E-state index in [-0.39, 0.29) is 19.8 Å². The minimum atomic E-state index is -3.76. The fraction of sp³-hybridized carbons (Fsp3) is 0.381. The van der Waals surface area contributed by atoms with Crippen LogP contribution >= 0.6 is 34.8 Å². The second kappa shape index (κ2) is 10.5. The molecule has 0 radical (unpaired) electrons. The molecule has 3 rings (SSSR count). The fourth-order valence-electron chi connectivity index (χ4n) is 3.75. The number of halogens is 3. The molecule has 1 fully saturated rings. The molecule has 0 aliphatic carbocycles. The van der Waals surface area contributed by atoms with Crippen LogP contribution in [0.4, 0.5) is 10.5 Å². The zero-order valence-corrected chi connectivity index (χ0v) is 20.6. The quantitative estimate of drug-likeness (QED) is 0.497. The van der Waals surface area contributed by atoms with Crippen molar-refractivity contribution in [3.05, 3.63) is 63.1 Å². The first-order valence-corrected chi connectivity index (χ1v) is 12.8. The van der Waals surface area contributed by atoms with E-state index in [4.69, 9.17) is 43.7 Å². The van der Waals surface area contributed by atoms with Gasteiger partial charge in [-0.3, -0.25) is 9.08 Å². The van der Waals surface area contributed by atoms with Crippen LogP contribution in [0.25, 0.3) is 0 Å². The van der Waals surface area contributed by atoms with Crippen molar-refractivity contribution >= 4 is 56.7 Å². The van der Waals surface area contributed by atoms with Crippen molar-refractivity contribution in [2.75, 3.05) is 37.5 Å². The summed E-state index contributed by atoms with van der Waals surface area (Å²) < 4.78 is 33.9. The SMILES string of the molecule is CCOC(=O)N1CCN(c2ccc(Cl)cc2Cl)C(c2ccc(Cl)cc2)C1COS(C)(=O)=O. The predicted molar refractivity (Wildman–Crippen MR) is 126 cm³/mol. The molecule has 7 nitrogen and oxygen atoms in total. The van der Waals surface area contributed by atoms with Crippen molar-refractivity contribution in [1.82, 2.24) is 4.90 Å². The van der Waals surface area contributed by atoms with Crippen LogP contribution in [0, 0.1) is 0 Å². The molecule has 1 heterocycles. The summed E-state index contributed by atoms with van der Waals surface area (Å²) in [6, 6.07) is 11.1. The molecule has 0 saturated carbocycles. The standard InChI is InChI=1S/C21H23Cl3N2O5S/c1-3-30-21(27)26-11-10-25(18-9-8-16(23)12-17(18)24)20(14-4-6-15(22)7-5-14)19(26)13-31-32(2,28)29/h4-9,12,19-20H,3,10-11,13H2,1-2H3. The lowest BCUT2D eigenvalue weighted by molar-refractivity contribution is 0.0580. The monoisotopic (exact) mass is 520 g/mol. The van der Waals surface area contributed by atoms with E-state index in [0.717, 1.165) is 11.8 Å². The highest BCUT2D eigenvalue weighted by Gasteiger charge is 2.42. The molecule has 0 spiro atoms. The minimum Gasteiger partial charge on any atom is -0.450 e. The topological polar surface area (TPSA) is 76.2 Å². The molecule has 0 aromatic heterocycles. The van der Waals surface area contributed by atoms with Gasteiger partial charge in [-0.05, 0) is 42.8 Å². The summed E-state index contributed by atoms with van der Waals surface area (Å²) >= 11 is 18.7. The Bertz CT molecular complexity index is 1070. The highest BCUT2D eigenvalue weighted by atomic mass is 35.5. The molecule has 1 aliphatic heterocycles. The van der Waals surface area contributed by atoms with Gasteiger partial charge in [-0.1, -0.05) is 46.9 Å². The van der Waals surface area contributed by atoms with Gasteiger partial charge in [0.15, 0.2) is 0 Å². The second-order valence-corrected chi connectivity index (χ2v) is 10.2. The number of amides is 1. The molecule has 0 N–H and O–H groups in total. The normalized spacial score (nSPS) is 19.2. The van der Waals surface area contributed by atoms with Crippen LogP contribution in [-0.4, -0.2) is 58.0 Å². The Balaban J connectivity index is 2.11. The van der Waals surface area contributed by atoms with Crippen LogP contribution in [0.5, 0.6) is 0 Å². The summed E-state index contributed by atoms with van der Waals surface area (Å²) in [6.07, 6.45) is 0.422. The van der Waals surface area contributed by atoms with Crippen LogP contribution in [0.15, 0.2) is 42.5 Å². The number of rotatable bonds is 6. The third-order valence-electron chi connectivity index (χ3n) is 5.07. The summed E-state index contributed by atoms with van der Waals surface area (Å²) in [5.41, 5.74) is 1.50. The molecule has 0 bridgehead atoms. The second-order valence-electron chi connectivity index (χ2n) is 7.23. The Morgan fingerprint density at radius 2 is 1.72 bits per heavy atom. The summed E-state index contributed by atoms with van der Waals surface area (Å²) in [6.45, 7) is 2.34. The Morgan fingerprint density at radius 1 is 1.06 bits per heavy atom. The maximum absolute atomic E-state index is 12.7. The first-order valence-electron chi connectivity index (χ1n) is 9.85. The maximum atomic E-state index is 12.7. The van der Waals surface area contributed by atoms with E-state index in [9.17, 15) is 13.2 Å². The zero-order chi connectivity index (χ0) is 23.5. The number of anilines is 1. The largest absolute Gasteiger partial charge is 0.450 e. The zero-order valence-electron chi connectivity index (χ0n) is 17.5. The number of benzene rings is 2. The molecule has 1 amide bonds. The van der Waals surface area contributed by atoms with E-state index in [1.54, 1.807) is 37.3 Å². The van der Waals surface area contributed by atoms with Crippen LogP contribution in [0.1, 0.15) is 18.5 Å². The summed E-state index contributed by atoms with van der Waals surface area (Å²) in [5, 5.41) is 1.47. The molecule has 11 heteroatoms. The average Bonchev–Trinajstić information content (AvgIpc) is 2.72. The van der Waals surface area contributed by atoms with Gasteiger partial charge in [0.1, 0.15) is 0 Å². The van der Waals surface area contributed by atoms with E-state index in [0.29, 0.717) is 27.3 Å². The molecule has 1 saturated heterocycles. The lowest BCUT2D eigenvalue weighted by atomic mass is 9.93. The van der Waals surface area contributed by atoms with E-state index in [2.05, 4.69) is 0 Å². The van der Waals surface area contributed by atoms with Crippen molar-refractivity contribution < 1.29 is 22.1 Å². The first kappa shape index (κ1) is 24.9. The predicted octanol–water partition coefficient (Wildman–Crippen LogP) is 5.01. The van der Waals surface area contributed by atoms with Crippen molar-refractivity contribution in [3.63, 3.8) is 0 Å². The van der Waals surface area contributed by atoms with E-state index < -0.39 is 28.3 Å². The van der Waals surface area contributed by atoms with Gasteiger partial charge < -0.3 is 9.64 Å². The average molecular weight is 522 g/mol. The molecule has 2 unspecified atom stereocenters. The van der Waals surface area contributed by atoms with Crippen LogP contribution in [0.3, 0.4) is 0 Å². The van der Waals surface area contributed by atoms with Crippen molar-refractivity contribution in [2.45, 2.75) is 19.0 Å². The van der Waals surface area contributed by atoms with Gasteiger partial charge in [-0.2, -0.15) is 8.42 Å². The number of carbonyl (C=O) groups is 1. The van der Waals surface area contributed by atoms with E-state index in [1.807, 2.05) is 17.0 Å². The van der Waals surface area contributed by atoms with Gasteiger partial charge in [0.05, 0.1) is 42.3 Å². The van der Waals surface area contributed by atoms with Crippen molar-refractivity contribution in [2.24, 2.45) is 0 Å². The van der Waals surface area contributed by atoms with E-state index in [1.165, 1.54) is 4.90 Å². The Morgan fingerprint density at radius 3 is 2.31 bits per heavy atom. The highest BCUT2D eigenvalue weighted by molar-refractivity contribution is 7.85. The molecular weight excluding hydrogens is 499 g/mol. The smallest absolute Gasteiger partial charge is 0.410 e. The van der Waals surface area contributed by atoms with Gasteiger partial charge in [-0.25, -0.2) is 4.79 Å². The molecule has 174 valence electrons.